The minimum absolute atomic E-state index is 0.490. The van der Waals surface area contributed by atoms with Crippen LogP contribution in [-0.4, -0.2) is 34.9 Å². The van der Waals surface area contributed by atoms with Crippen LogP contribution in [0.2, 0.25) is 0 Å². The molecule has 3 nitrogen and oxygen atoms in total. The third kappa shape index (κ3) is 2.11. The molecule has 0 amide bonds. The fourth-order valence-electron chi connectivity index (χ4n) is 1.83. The summed E-state index contributed by atoms with van der Waals surface area (Å²) in [7, 11) is 0. The Labute approximate surface area is 104 Å². The summed E-state index contributed by atoms with van der Waals surface area (Å²) < 4.78 is 0. The maximum atomic E-state index is 10.8. The SMILES string of the molecule is Cc1nc(N2CCSC(C)C2C)sc1C=O. The Morgan fingerprint density at radius 2 is 2.25 bits per heavy atom. The Hall–Kier alpha value is -0.550. The molecular formula is C11H16N2OS2. The Kier molecular flexibility index (Phi) is 3.54. The highest BCUT2D eigenvalue weighted by molar-refractivity contribution is 8.00. The highest BCUT2D eigenvalue weighted by atomic mass is 32.2. The van der Waals surface area contributed by atoms with Crippen molar-refractivity contribution >= 4 is 34.5 Å². The molecule has 2 rings (SSSR count). The number of aryl methyl sites for hydroxylation is 1. The topological polar surface area (TPSA) is 33.2 Å². The number of aromatic nitrogens is 1. The summed E-state index contributed by atoms with van der Waals surface area (Å²) in [6, 6.07) is 0.490. The molecule has 1 aromatic rings. The van der Waals surface area contributed by atoms with Crippen LogP contribution in [0.1, 0.15) is 29.2 Å². The Morgan fingerprint density at radius 3 is 2.88 bits per heavy atom. The minimum Gasteiger partial charge on any atom is -0.343 e. The van der Waals surface area contributed by atoms with E-state index >= 15 is 0 Å². The second kappa shape index (κ2) is 4.75. The molecule has 0 saturated carbocycles. The number of hydrogen-bond acceptors (Lipinski definition) is 5. The van der Waals surface area contributed by atoms with Crippen molar-refractivity contribution in [3.63, 3.8) is 0 Å². The molecule has 0 N–H and O–H groups in total. The zero-order valence-corrected chi connectivity index (χ0v) is 11.4. The average molecular weight is 256 g/mol. The van der Waals surface area contributed by atoms with Crippen LogP contribution < -0.4 is 4.90 Å². The normalized spacial score (nSPS) is 25.8. The first-order valence-electron chi connectivity index (χ1n) is 5.44. The molecule has 1 aliphatic heterocycles. The van der Waals surface area contributed by atoms with Crippen LogP contribution in [0.15, 0.2) is 0 Å². The van der Waals surface area contributed by atoms with Gasteiger partial charge in [0.2, 0.25) is 0 Å². The molecular weight excluding hydrogens is 240 g/mol. The predicted molar refractivity (Wildman–Crippen MR) is 71.0 cm³/mol. The van der Waals surface area contributed by atoms with E-state index in [-0.39, 0.29) is 0 Å². The number of anilines is 1. The molecule has 2 heterocycles. The third-order valence-electron chi connectivity index (χ3n) is 3.06. The van der Waals surface area contributed by atoms with Crippen molar-refractivity contribution in [3.8, 4) is 0 Å². The summed E-state index contributed by atoms with van der Waals surface area (Å²) in [5.41, 5.74) is 0.855. The zero-order chi connectivity index (χ0) is 11.7. The molecule has 2 atom stereocenters. The predicted octanol–water partition coefficient (Wildman–Crippen LogP) is 2.59. The molecule has 0 spiro atoms. The first-order chi connectivity index (χ1) is 7.63. The van der Waals surface area contributed by atoms with Gasteiger partial charge < -0.3 is 4.90 Å². The lowest BCUT2D eigenvalue weighted by molar-refractivity contribution is 0.112. The number of carbonyl (C=O) groups is 1. The van der Waals surface area contributed by atoms with Crippen LogP contribution in [0.4, 0.5) is 5.13 Å². The summed E-state index contributed by atoms with van der Waals surface area (Å²) >= 11 is 3.52. The molecule has 0 bridgehead atoms. The lowest BCUT2D eigenvalue weighted by Crippen LogP contribution is -2.44. The summed E-state index contributed by atoms with van der Waals surface area (Å²) in [5.74, 6) is 1.14. The van der Waals surface area contributed by atoms with Gasteiger partial charge in [0.1, 0.15) is 0 Å². The van der Waals surface area contributed by atoms with E-state index in [0.717, 1.165) is 34.3 Å². The van der Waals surface area contributed by atoms with Crippen LogP contribution in [0.3, 0.4) is 0 Å². The molecule has 1 aromatic heterocycles. The lowest BCUT2D eigenvalue weighted by atomic mass is 10.2. The van der Waals surface area contributed by atoms with Crippen molar-refractivity contribution in [2.75, 3.05) is 17.2 Å². The highest BCUT2D eigenvalue weighted by Gasteiger charge is 2.27. The number of rotatable bonds is 2. The van der Waals surface area contributed by atoms with Crippen LogP contribution in [0, 0.1) is 6.92 Å². The van der Waals surface area contributed by atoms with E-state index in [1.54, 1.807) is 0 Å². The summed E-state index contributed by atoms with van der Waals surface area (Å²) in [6.07, 6.45) is 0.906. The smallest absolute Gasteiger partial charge is 0.186 e. The van der Waals surface area contributed by atoms with Gasteiger partial charge in [-0.25, -0.2) is 4.98 Å². The van der Waals surface area contributed by atoms with Gasteiger partial charge in [-0.05, 0) is 13.8 Å². The molecule has 0 radical (unpaired) electrons. The number of aldehydes is 1. The first-order valence-corrected chi connectivity index (χ1v) is 7.31. The number of carbonyl (C=O) groups excluding carboxylic acids is 1. The van der Waals surface area contributed by atoms with Crippen molar-refractivity contribution in [2.24, 2.45) is 0 Å². The van der Waals surface area contributed by atoms with E-state index in [4.69, 9.17) is 0 Å². The minimum atomic E-state index is 0.490. The van der Waals surface area contributed by atoms with Crippen LogP contribution >= 0.6 is 23.1 Å². The summed E-state index contributed by atoms with van der Waals surface area (Å²) in [4.78, 5) is 18.4. The average Bonchev–Trinajstić information content (AvgIpc) is 2.63. The van der Waals surface area contributed by atoms with E-state index in [9.17, 15) is 4.79 Å². The first kappa shape index (κ1) is 11.9. The van der Waals surface area contributed by atoms with Gasteiger partial charge in [0.05, 0.1) is 10.6 Å². The van der Waals surface area contributed by atoms with Crippen LogP contribution in [0.25, 0.3) is 0 Å². The second-order valence-electron chi connectivity index (χ2n) is 4.07. The largest absolute Gasteiger partial charge is 0.343 e. The van der Waals surface area contributed by atoms with E-state index in [1.165, 1.54) is 11.3 Å². The maximum absolute atomic E-state index is 10.8. The summed E-state index contributed by atoms with van der Waals surface area (Å²) in [6.45, 7) is 7.41. The van der Waals surface area contributed by atoms with Crippen molar-refractivity contribution < 1.29 is 4.79 Å². The lowest BCUT2D eigenvalue weighted by Gasteiger charge is -2.37. The van der Waals surface area contributed by atoms with E-state index < -0.39 is 0 Å². The van der Waals surface area contributed by atoms with Gasteiger partial charge in [0, 0.05) is 23.6 Å². The second-order valence-corrected chi connectivity index (χ2v) is 6.57. The molecule has 0 aromatic carbocycles. The van der Waals surface area contributed by atoms with Gasteiger partial charge in [0.25, 0.3) is 0 Å². The van der Waals surface area contributed by atoms with Crippen molar-refractivity contribution in [1.82, 2.24) is 4.98 Å². The molecule has 2 unspecified atom stereocenters. The Balaban J connectivity index is 2.25. The van der Waals surface area contributed by atoms with Gasteiger partial charge >= 0.3 is 0 Å². The molecule has 1 saturated heterocycles. The van der Waals surface area contributed by atoms with E-state index in [1.807, 2.05) is 18.7 Å². The molecule has 1 fully saturated rings. The third-order valence-corrected chi connectivity index (χ3v) is 5.52. The molecule has 0 aliphatic carbocycles. The zero-order valence-electron chi connectivity index (χ0n) is 9.77. The highest BCUT2D eigenvalue weighted by Crippen LogP contribution is 2.32. The Bertz CT molecular complexity index is 391. The van der Waals surface area contributed by atoms with Crippen molar-refractivity contribution in [3.05, 3.63) is 10.6 Å². The maximum Gasteiger partial charge on any atom is 0.186 e. The molecule has 5 heteroatoms. The van der Waals surface area contributed by atoms with Gasteiger partial charge in [0.15, 0.2) is 11.4 Å². The van der Waals surface area contributed by atoms with Crippen molar-refractivity contribution in [2.45, 2.75) is 32.1 Å². The number of thioether (sulfide) groups is 1. The molecule has 16 heavy (non-hydrogen) atoms. The number of thiazole rings is 1. The monoisotopic (exact) mass is 256 g/mol. The quantitative estimate of drug-likeness (QED) is 0.762. The fraction of sp³-hybridized carbons (Fsp3) is 0.636. The van der Waals surface area contributed by atoms with E-state index in [2.05, 4.69) is 23.7 Å². The van der Waals surface area contributed by atoms with Gasteiger partial charge in [-0.1, -0.05) is 18.3 Å². The Morgan fingerprint density at radius 1 is 1.50 bits per heavy atom. The van der Waals surface area contributed by atoms with E-state index in [0.29, 0.717) is 11.3 Å². The number of hydrogen-bond donors (Lipinski definition) is 0. The van der Waals surface area contributed by atoms with Gasteiger partial charge in [-0.15, -0.1) is 0 Å². The summed E-state index contributed by atoms with van der Waals surface area (Å²) in [5, 5.41) is 1.62. The van der Waals surface area contributed by atoms with Crippen LogP contribution in [-0.2, 0) is 0 Å². The van der Waals surface area contributed by atoms with Gasteiger partial charge in [-0.2, -0.15) is 11.8 Å². The standard InChI is InChI=1S/C11H16N2OS2/c1-7-10(6-14)16-11(12-7)13-4-5-15-9(3)8(13)2/h6,8-9H,4-5H2,1-3H3. The van der Waals surface area contributed by atoms with Crippen molar-refractivity contribution in [1.29, 1.82) is 0 Å². The van der Waals surface area contributed by atoms with Gasteiger partial charge in [-0.3, -0.25) is 4.79 Å². The van der Waals surface area contributed by atoms with Crippen LogP contribution in [0.5, 0.6) is 0 Å². The molecule has 1 aliphatic rings. The fourth-order valence-corrected chi connectivity index (χ4v) is 3.92. The molecule has 88 valence electrons. The number of nitrogens with zero attached hydrogens (tertiary/aromatic N) is 2.